The monoisotopic (exact) mass is 459 g/mol. The first-order chi connectivity index (χ1) is 15.9. The molecule has 1 saturated carbocycles. The molecule has 0 aromatic heterocycles. The molecule has 0 aliphatic heterocycles. The molecule has 2 unspecified atom stereocenters. The number of carbonyl (C=O) groups is 4. The van der Waals surface area contributed by atoms with E-state index in [1.165, 1.54) is 6.42 Å². The summed E-state index contributed by atoms with van der Waals surface area (Å²) in [5, 5.41) is 14.1. The molecular weight excluding hydrogens is 422 g/mol. The number of carboxylic acid groups (broad SMARTS) is 1. The summed E-state index contributed by atoms with van der Waals surface area (Å²) in [4.78, 5) is 49.9. The van der Waals surface area contributed by atoms with Crippen molar-refractivity contribution in [3.63, 3.8) is 0 Å². The summed E-state index contributed by atoms with van der Waals surface area (Å²) in [5.74, 6) is -0.291. The highest BCUT2D eigenvalue weighted by molar-refractivity contribution is 5.87. The molecule has 0 bridgehead atoms. The molecule has 0 saturated heterocycles. The molecule has 1 aliphatic carbocycles. The van der Waals surface area contributed by atoms with E-state index in [0.29, 0.717) is 31.7 Å². The molecule has 8 nitrogen and oxygen atoms in total. The van der Waals surface area contributed by atoms with Gasteiger partial charge in [0.25, 0.3) is 0 Å². The first-order valence-electron chi connectivity index (χ1n) is 12.0. The van der Waals surface area contributed by atoms with Crippen molar-refractivity contribution in [3.05, 3.63) is 35.9 Å². The molecule has 1 aromatic rings. The molecule has 3 N–H and O–H groups in total. The summed E-state index contributed by atoms with van der Waals surface area (Å²) < 4.78 is 0. The number of nitrogens with zero attached hydrogens (tertiary/aromatic N) is 1. The molecule has 0 spiro atoms. The largest absolute Gasteiger partial charge is 0.465 e. The maximum absolute atomic E-state index is 12.7. The number of rotatable bonds is 13. The fourth-order valence-corrected chi connectivity index (χ4v) is 4.40. The van der Waals surface area contributed by atoms with Crippen molar-refractivity contribution in [3.8, 4) is 0 Å². The van der Waals surface area contributed by atoms with Crippen molar-refractivity contribution >= 4 is 24.2 Å². The summed E-state index contributed by atoms with van der Waals surface area (Å²) in [7, 11) is 0. The van der Waals surface area contributed by atoms with E-state index in [9.17, 15) is 19.2 Å². The van der Waals surface area contributed by atoms with Gasteiger partial charge in [-0.25, -0.2) is 4.79 Å². The van der Waals surface area contributed by atoms with Gasteiger partial charge < -0.3 is 25.4 Å². The second kappa shape index (κ2) is 14.3. The van der Waals surface area contributed by atoms with Gasteiger partial charge in [0.2, 0.25) is 11.8 Å². The second-order valence-electron chi connectivity index (χ2n) is 8.74. The number of hydrogen-bond donors (Lipinski definition) is 3. The number of aldehydes is 1. The third kappa shape index (κ3) is 9.63. The van der Waals surface area contributed by atoms with Crippen LogP contribution in [-0.2, 0) is 20.8 Å². The van der Waals surface area contributed by atoms with Gasteiger partial charge in [-0.1, -0.05) is 62.4 Å². The Balaban J connectivity index is 1.85. The van der Waals surface area contributed by atoms with Crippen molar-refractivity contribution in [2.75, 3.05) is 13.1 Å². The minimum Gasteiger partial charge on any atom is -0.465 e. The van der Waals surface area contributed by atoms with Crippen LogP contribution in [0, 0.1) is 5.92 Å². The molecule has 33 heavy (non-hydrogen) atoms. The average Bonchev–Trinajstić information content (AvgIpc) is 2.82. The van der Waals surface area contributed by atoms with Gasteiger partial charge in [0.1, 0.15) is 12.3 Å². The van der Waals surface area contributed by atoms with E-state index >= 15 is 0 Å². The number of benzene rings is 1. The van der Waals surface area contributed by atoms with E-state index < -0.39 is 24.1 Å². The number of carbonyl (C=O) groups excluding carboxylic acids is 3. The first-order valence-corrected chi connectivity index (χ1v) is 12.0. The van der Waals surface area contributed by atoms with Crippen LogP contribution in [0.25, 0.3) is 0 Å². The van der Waals surface area contributed by atoms with Crippen LogP contribution in [0.15, 0.2) is 30.3 Å². The average molecular weight is 460 g/mol. The predicted octanol–water partition coefficient (Wildman–Crippen LogP) is 3.15. The number of nitrogens with one attached hydrogen (secondary N) is 2. The van der Waals surface area contributed by atoms with Crippen LogP contribution in [0.3, 0.4) is 0 Å². The lowest BCUT2D eigenvalue weighted by Gasteiger charge is -2.27. The van der Waals surface area contributed by atoms with E-state index in [2.05, 4.69) is 10.6 Å². The lowest BCUT2D eigenvalue weighted by molar-refractivity contribution is -0.132. The van der Waals surface area contributed by atoms with Crippen LogP contribution in [0.1, 0.15) is 63.9 Å². The van der Waals surface area contributed by atoms with Crippen molar-refractivity contribution in [1.82, 2.24) is 15.5 Å². The molecule has 1 aliphatic rings. The SMILES string of the molecule is CCN(CCc1ccccc1)C(=O)CCC(C=O)NC(=O)C(CC1CCCCC1)NC(=O)O. The number of amides is 3. The van der Waals surface area contributed by atoms with Crippen molar-refractivity contribution in [1.29, 1.82) is 0 Å². The number of likely N-dealkylation sites (N-methyl/N-ethyl adjacent to an activating group) is 1. The zero-order valence-corrected chi connectivity index (χ0v) is 19.5. The summed E-state index contributed by atoms with van der Waals surface area (Å²) in [6.07, 6.45) is 6.13. The van der Waals surface area contributed by atoms with E-state index in [0.717, 1.165) is 37.7 Å². The van der Waals surface area contributed by atoms with Gasteiger partial charge in [-0.05, 0) is 37.7 Å². The lowest BCUT2D eigenvalue weighted by atomic mass is 9.84. The molecule has 3 amide bonds. The molecule has 2 rings (SSSR count). The fourth-order valence-electron chi connectivity index (χ4n) is 4.40. The third-order valence-electron chi connectivity index (χ3n) is 6.32. The van der Waals surface area contributed by atoms with Crippen LogP contribution < -0.4 is 10.6 Å². The Labute approximate surface area is 196 Å². The topological polar surface area (TPSA) is 116 Å². The van der Waals surface area contributed by atoms with Gasteiger partial charge in [-0.15, -0.1) is 0 Å². The molecule has 2 atom stereocenters. The normalized spacial score (nSPS) is 15.8. The van der Waals surface area contributed by atoms with Crippen molar-refractivity contribution in [2.45, 2.75) is 76.8 Å². The maximum atomic E-state index is 12.7. The van der Waals surface area contributed by atoms with E-state index in [-0.39, 0.29) is 18.7 Å². The Morgan fingerprint density at radius 1 is 1.12 bits per heavy atom. The maximum Gasteiger partial charge on any atom is 0.405 e. The molecular formula is C25H37N3O5. The zero-order chi connectivity index (χ0) is 24.1. The minimum absolute atomic E-state index is 0.0723. The quantitative estimate of drug-likeness (QED) is 0.392. The van der Waals surface area contributed by atoms with Crippen molar-refractivity contribution < 1.29 is 24.3 Å². The van der Waals surface area contributed by atoms with Crippen LogP contribution in [0.2, 0.25) is 0 Å². The summed E-state index contributed by atoms with van der Waals surface area (Å²) in [6, 6.07) is 8.18. The van der Waals surface area contributed by atoms with Crippen LogP contribution in [-0.4, -0.2) is 59.4 Å². The molecule has 1 fully saturated rings. The summed E-state index contributed by atoms with van der Waals surface area (Å²) in [5.41, 5.74) is 1.15. The first kappa shape index (κ1) is 26.4. The van der Waals surface area contributed by atoms with E-state index in [4.69, 9.17) is 5.11 Å². The highest BCUT2D eigenvalue weighted by atomic mass is 16.4. The van der Waals surface area contributed by atoms with Gasteiger partial charge in [0.15, 0.2) is 0 Å². The van der Waals surface area contributed by atoms with Crippen LogP contribution in [0.5, 0.6) is 0 Å². The molecule has 0 radical (unpaired) electrons. The van der Waals surface area contributed by atoms with Crippen LogP contribution in [0.4, 0.5) is 4.79 Å². The van der Waals surface area contributed by atoms with Gasteiger partial charge >= 0.3 is 6.09 Å². The molecule has 0 heterocycles. The smallest absolute Gasteiger partial charge is 0.405 e. The Bertz CT molecular complexity index is 765. The number of hydrogen-bond acceptors (Lipinski definition) is 4. The fraction of sp³-hybridized carbons (Fsp3) is 0.600. The highest BCUT2D eigenvalue weighted by Gasteiger charge is 2.27. The Hall–Kier alpha value is -2.90. The third-order valence-corrected chi connectivity index (χ3v) is 6.32. The van der Waals surface area contributed by atoms with Gasteiger partial charge in [-0.3, -0.25) is 9.59 Å². The van der Waals surface area contributed by atoms with Crippen LogP contribution >= 0.6 is 0 Å². The highest BCUT2D eigenvalue weighted by Crippen LogP contribution is 2.27. The zero-order valence-electron chi connectivity index (χ0n) is 19.5. The molecule has 182 valence electrons. The molecule has 8 heteroatoms. The summed E-state index contributed by atoms with van der Waals surface area (Å²) in [6.45, 7) is 3.06. The Morgan fingerprint density at radius 2 is 1.82 bits per heavy atom. The molecule has 1 aromatic carbocycles. The standard InChI is InChI=1S/C25H37N3O5/c1-2-28(16-15-19-9-5-3-6-10-19)23(30)14-13-21(18-29)26-24(31)22(27-25(32)33)17-20-11-7-4-8-12-20/h3,5-6,9-10,18,20-22,27H,2,4,7-8,11-17H2,1H3,(H,26,31)(H,32,33). The second-order valence-corrected chi connectivity index (χ2v) is 8.74. The van der Waals surface area contributed by atoms with Gasteiger partial charge in [0.05, 0.1) is 6.04 Å². The van der Waals surface area contributed by atoms with Gasteiger partial charge in [0, 0.05) is 19.5 Å². The lowest BCUT2D eigenvalue weighted by Crippen LogP contribution is -2.50. The predicted molar refractivity (Wildman–Crippen MR) is 126 cm³/mol. The van der Waals surface area contributed by atoms with Crippen molar-refractivity contribution in [2.24, 2.45) is 5.92 Å². The van der Waals surface area contributed by atoms with Gasteiger partial charge in [-0.2, -0.15) is 0 Å². The summed E-state index contributed by atoms with van der Waals surface area (Å²) >= 11 is 0. The Kier molecular flexibility index (Phi) is 11.4. The minimum atomic E-state index is -1.26. The van der Waals surface area contributed by atoms with E-state index in [1.807, 2.05) is 37.3 Å². The Morgan fingerprint density at radius 3 is 2.42 bits per heavy atom. The van der Waals surface area contributed by atoms with E-state index in [1.54, 1.807) is 4.90 Å².